The maximum Gasteiger partial charge on any atom is 0.222 e. The lowest BCUT2D eigenvalue weighted by Gasteiger charge is -2.28. The van der Waals surface area contributed by atoms with Crippen LogP contribution in [0.2, 0.25) is 0 Å². The van der Waals surface area contributed by atoms with E-state index in [4.69, 9.17) is 4.74 Å². The zero-order valence-electron chi connectivity index (χ0n) is 13.7. The van der Waals surface area contributed by atoms with Crippen LogP contribution in [0, 0.1) is 5.92 Å². The summed E-state index contributed by atoms with van der Waals surface area (Å²) in [6.45, 7) is 3.94. The molecule has 0 aliphatic carbocycles. The zero-order chi connectivity index (χ0) is 15.5. The number of amides is 1. The van der Waals surface area contributed by atoms with Crippen molar-refractivity contribution in [2.45, 2.75) is 64.2 Å². The number of carbonyl (C=O) groups is 1. The van der Waals surface area contributed by atoms with Crippen LogP contribution in [-0.2, 0) is 22.5 Å². The van der Waals surface area contributed by atoms with Gasteiger partial charge in [-0.15, -0.1) is 0 Å². The Hall–Kier alpha value is -1.36. The molecule has 3 atom stereocenters. The predicted molar refractivity (Wildman–Crippen MR) is 84.5 cm³/mol. The molecule has 0 aromatic carbocycles. The number of imidazole rings is 1. The minimum Gasteiger partial charge on any atom is -0.375 e. The third-order valence-corrected chi connectivity index (χ3v) is 4.99. The first-order valence-electron chi connectivity index (χ1n) is 8.51. The standard InChI is InChI=1S/C17H27N3O2/c1-13-3-5-15(22-13)6-8-17(21)19(2)11-14-4-7-16-18-9-10-20(16)12-14/h9-10,13-15H,3-8,11-12H2,1-2H3/t13-,14+,15+/m1/s1. The molecular formula is C17H27N3O2. The van der Waals surface area contributed by atoms with E-state index in [2.05, 4.69) is 16.5 Å². The SMILES string of the molecule is C[C@@H]1CC[C@@H](CCC(=O)N(C)C[C@@H]2CCc3nccn3C2)O1. The first-order chi connectivity index (χ1) is 10.6. The van der Waals surface area contributed by atoms with Crippen LogP contribution in [0.25, 0.3) is 0 Å². The van der Waals surface area contributed by atoms with Gasteiger partial charge in [0.15, 0.2) is 0 Å². The number of ether oxygens (including phenoxy) is 1. The molecule has 0 unspecified atom stereocenters. The summed E-state index contributed by atoms with van der Waals surface area (Å²) >= 11 is 0. The Bertz CT molecular complexity index is 514. The summed E-state index contributed by atoms with van der Waals surface area (Å²) in [5.41, 5.74) is 0. The fourth-order valence-corrected chi connectivity index (χ4v) is 3.65. The van der Waals surface area contributed by atoms with Crippen molar-refractivity contribution in [2.75, 3.05) is 13.6 Å². The van der Waals surface area contributed by atoms with Gasteiger partial charge in [-0.25, -0.2) is 4.98 Å². The molecule has 122 valence electrons. The van der Waals surface area contributed by atoms with Gasteiger partial charge in [-0.2, -0.15) is 0 Å². The van der Waals surface area contributed by atoms with Crippen molar-refractivity contribution < 1.29 is 9.53 Å². The number of fused-ring (bicyclic) bond motifs is 1. The number of hydrogen-bond donors (Lipinski definition) is 0. The van der Waals surface area contributed by atoms with E-state index >= 15 is 0 Å². The van der Waals surface area contributed by atoms with Crippen LogP contribution in [0.3, 0.4) is 0 Å². The van der Waals surface area contributed by atoms with Crippen molar-refractivity contribution >= 4 is 5.91 Å². The van der Waals surface area contributed by atoms with Crippen molar-refractivity contribution in [3.05, 3.63) is 18.2 Å². The van der Waals surface area contributed by atoms with E-state index in [0.717, 1.165) is 45.2 Å². The van der Waals surface area contributed by atoms with Gasteiger partial charge in [-0.3, -0.25) is 4.79 Å². The maximum absolute atomic E-state index is 12.3. The molecule has 1 aromatic rings. The molecule has 0 radical (unpaired) electrons. The lowest BCUT2D eigenvalue weighted by molar-refractivity contribution is -0.131. The van der Waals surface area contributed by atoms with Gasteiger partial charge < -0.3 is 14.2 Å². The van der Waals surface area contributed by atoms with Gasteiger partial charge in [0.25, 0.3) is 0 Å². The molecular weight excluding hydrogens is 278 g/mol. The van der Waals surface area contributed by atoms with Crippen molar-refractivity contribution in [3.63, 3.8) is 0 Å². The Morgan fingerprint density at radius 3 is 3.09 bits per heavy atom. The van der Waals surface area contributed by atoms with Crippen LogP contribution in [0.1, 0.15) is 44.9 Å². The lowest BCUT2D eigenvalue weighted by Crippen LogP contribution is -2.35. The molecule has 2 aliphatic rings. The van der Waals surface area contributed by atoms with Gasteiger partial charge in [0.05, 0.1) is 12.2 Å². The van der Waals surface area contributed by atoms with E-state index in [1.165, 1.54) is 5.82 Å². The van der Waals surface area contributed by atoms with Gasteiger partial charge in [0, 0.05) is 45.4 Å². The van der Waals surface area contributed by atoms with Crippen LogP contribution in [0.15, 0.2) is 12.4 Å². The van der Waals surface area contributed by atoms with Crippen molar-refractivity contribution in [1.29, 1.82) is 0 Å². The molecule has 0 bridgehead atoms. The average molecular weight is 305 g/mol. The van der Waals surface area contributed by atoms with Gasteiger partial charge >= 0.3 is 0 Å². The Morgan fingerprint density at radius 1 is 1.45 bits per heavy atom. The van der Waals surface area contributed by atoms with Crippen LogP contribution < -0.4 is 0 Å². The summed E-state index contributed by atoms with van der Waals surface area (Å²) in [4.78, 5) is 18.6. The number of aromatic nitrogens is 2. The molecule has 3 rings (SSSR count). The van der Waals surface area contributed by atoms with Crippen LogP contribution >= 0.6 is 0 Å². The summed E-state index contributed by atoms with van der Waals surface area (Å²) in [5.74, 6) is 1.97. The van der Waals surface area contributed by atoms with E-state index in [1.807, 2.05) is 24.3 Å². The number of aryl methyl sites for hydroxylation is 1. The van der Waals surface area contributed by atoms with Gasteiger partial charge in [-0.1, -0.05) is 0 Å². The molecule has 1 aromatic heterocycles. The third-order valence-electron chi connectivity index (χ3n) is 4.99. The van der Waals surface area contributed by atoms with Crippen LogP contribution in [-0.4, -0.2) is 46.2 Å². The van der Waals surface area contributed by atoms with Crippen molar-refractivity contribution in [3.8, 4) is 0 Å². The Kier molecular flexibility index (Phi) is 4.81. The molecule has 0 saturated carbocycles. The van der Waals surface area contributed by atoms with Gasteiger partial charge in [0.2, 0.25) is 5.91 Å². The summed E-state index contributed by atoms with van der Waals surface area (Å²) in [6.07, 6.45) is 10.4. The first kappa shape index (κ1) is 15.5. The lowest BCUT2D eigenvalue weighted by atomic mass is 9.98. The minimum absolute atomic E-state index is 0.250. The minimum atomic E-state index is 0.250. The van der Waals surface area contributed by atoms with E-state index in [0.29, 0.717) is 18.4 Å². The molecule has 5 nitrogen and oxygen atoms in total. The fourth-order valence-electron chi connectivity index (χ4n) is 3.65. The molecule has 3 heterocycles. The normalized spacial score (nSPS) is 27.6. The molecule has 1 saturated heterocycles. The second-order valence-electron chi connectivity index (χ2n) is 6.86. The van der Waals surface area contributed by atoms with Crippen molar-refractivity contribution in [1.82, 2.24) is 14.5 Å². The predicted octanol–water partition coefficient (Wildman–Crippen LogP) is 2.25. The van der Waals surface area contributed by atoms with Gasteiger partial charge in [-0.05, 0) is 38.5 Å². The molecule has 1 amide bonds. The summed E-state index contributed by atoms with van der Waals surface area (Å²) in [5, 5.41) is 0. The second kappa shape index (κ2) is 6.82. The monoisotopic (exact) mass is 305 g/mol. The molecule has 22 heavy (non-hydrogen) atoms. The second-order valence-corrected chi connectivity index (χ2v) is 6.86. The molecule has 5 heteroatoms. The van der Waals surface area contributed by atoms with Crippen LogP contribution in [0.4, 0.5) is 0 Å². The third kappa shape index (κ3) is 3.69. The summed E-state index contributed by atoms with van der Waals surface area (Å²) in [7, 11) is 1.93. The smallest absolute Gasteiger partial charge is 0.222 e. The molecule has 1 fully saturated rings. The highest BCUT2D eigenvalue weighted by Gasteiger charge is 2.24. The Morgan fingerprint density at radius 2 is 2.32 bits per heavy atom. The Balaban J connectivity index is 1.42. The zero-order valence-corrected chi connectivity index (χ0v) is 13.7. The highest BCUT2D eigenvalue weighted by Crippen LogP contribution is 2.23. The highest BCUT2D eigenvalue weighted by molar-refractivity contribution is 5.75. The molecule has 2 aliphatic heterocycles. The average Bonchev–Trinajstić information content (AvgIpc) is 3.12. The first-order valence-corrected chi connectivity index (χ1v) is 8.51. The molecule has 0 N–H and O–H groups in total. The summed E-state index contributed by atoms with van der Waals surface area (Å²) in [6, 6.07) is 0. The topological polar surface area (TPSA) is 47.4 Å². The fraction of sp³-hybridized carbons (Fsp3) is 0.765. The van der Waals surface area contributed by atoms with E-state index < -0.39 is 0 Å². The Labute approximate surface area is 132 Å². The largest absolute Gasteiger partial charge is 0.375 e. The highest BCUT2D eigenvalue weighted by atomic mass is 16.5. The quantitative estimate of drug-likeness (QED) is 0.838. The van der Waals surface area contributed by atoms with E-state index in [9.17, 15) is 4.79 Å². The molecule has 0 spiro atoms. The van der Waals surface area contributed by atoms with E-state index in [1.54, 1.807) is 0 Å². The number of nitrogens with zero attached hydrogens (tertiary/aromatic N) is 3. The van der Waals surface area contributed by atoms with Gasteiger partial charge in [0.1, 0.15) is 5.82 Å². The maximum atomic E-state index is 12.3. The summed E-state index contributed by atoms with van der Waals surface area (Å²) < 4.78 is 8.01. The van der Waals surface area contributed by atoms with Crippen LogP contribution in [0.5, 0.6) is 0 Å². The number of carbonyl (C=O) groups excluding carboxylic acids is 1. The number of hydrogen-bond acceptors (Lipinski definition) is 3. The van der Waals surface area contributed by atoms with Crippen molar-refractivity contribution in [2.24, 2.45) is 5.92 Å². The number of rotatable bonds is 5. The van der Waals surface area contributed by atoms with E-state index in [-0.39, 0.29) is 12.0 Å².